The SMILES string of the molecule is [2H]c1c([2H])c(C2(C(=O)Cc3c(F)c([2H])c4c(c3[2H])c([2H])c(C(C)(C([2H])([2H])[2H])C([2H])([2H])C)n4C([2H])([2H])[C@@]([2H])(O)C([2H])([2H])O)C([2H])([2H])C2([2H])[2H])c([2H])c2c1OC(F)(F)O2. The molecule has 0 saturated heterocycles. The maximum Gasteiger partial charge on any atom is 0.586 e. The molecule has 1 aliphatic carbocycles. The number of ketones is 1. The van der Waals surface area contributed by atoms with Crippen molar-refractivity contribution in [2.24, 2.45) is 0 Å². The Bertz CT molecular complexity index is 2230. The van der Waals surface area contributed by atoms with Crippen LogP contribution in [0.3, 0.4) is 0 Å². The predicted octanol–water partition coefficient (Wildman–Crippen LogP) is 4.99. The first kappa shape index (κ1) is 11.0. The summed E-state index contributed by atoms with van der Waals surface area (Å²) >= 11 is 0. The number of benzene rings is 2. The molecule has 2 atom stereocenters. The third-order valence-corrected chi connectivity index (χ3v) is 5.69. The van der Waals surface area contributed by atoms with E-state index in [0.29, 0.717) is 13.8 Å². The molecule has 9 heteroatoms. The number of ether oxygens (including phenoxy) is 2. The van der Waals surface area contributed by atoms with Crippen molar-refractivity contribution in [2.75, 3.05) is 6.56 Å². The fourth-order valence-electron chi connectivity index (χ4n) is 3.61. The Morgan fingerprint density at radius 2 is 2.05 bits per heavy atom. The molecule has 2 heterocycles. The summed E-state index contributed by atoms with van der Waals surface area (Å²) in [7, 11) is 0. The average molecular weight is 538 g/mol. The van der Waals surface area contributed by atoms with Gasteiger partial charge in [-0.15, -0.1) is 8.78 Å². The maximum atomic E-state index is 16.6. The van der Waals surface area contributed by atoms with E-state index < -0.39 is 156 Å². The Labute approximate surface area is 240 Å². The fourth-order valence-corrected chi connectivity index (χ4v) is 3.61. The van der Waals surface area contributed by atoms with E-state index in [9.17, 15) is 23.8 Å². The zero-order valence-electron chi connectivity index (χ0n) is 38.9. The van der Waals surface area contributed by atoms with Gasteiger partial charge in [-0.25, -0.2) is 4.39 Å². The molecule has 2 aliphatic rings. The van der Waals surface area contributed by atoms with E-state index in [1.165, 1.54) is 0 Å². The average Bonchev–Trinajstić information content (AvgIpc) is 3.33. The molecule has 3 aromatic rings. The maximum absolute atomic E-state index is 16.6. The van der Waals surface area contributed by atoms with Crippen molar-refractivity contribution < 1.29 is 65.1 Å². The lowest BCUT2D eigenvalue weighted by Gasteiger charge is -2.26. The monoisotopic (exact) mass is 537 g/mol. The van der Waals surface area contributed by atoms with E-state index in [2.05, 4.69) is 9.47 Å². The van der Waals surface area contributed by atoms with Crippen LogP contribution in [0.1, 0.15) is 84.1 Å². The third-order valence-electron chi connectivity index (χ3n) is 5.69. The highest BCUT2D eigenvalue weighted by Gasteiger charge is 2.52. The molecule has 37 heavy (non-hydrogen) atoms. The summed E-state index contributed by atoms with van der Waals surface area (Å²) in [6, 6.07) is -8.63. The number of hydrogen-bond donors (Lipinski definition) is 2. The van der Waals surface area contributed by atoms with Gasteiger partial charge in [0.1, 0.15) is 11.6 Å². The van der Waals surface area contributed by atoms with Crippen molar-refractivity contribution in [3.63, 3.8) is 0 Å². The smallest absolute Gasteiger partial charge is 0.395 e. The summed E-state index contributed by atoms with van der Waals surface area (Å²) in [5.41, 5.74) is -12.1. The van der Waals surface area contributed by atoms with Crippen molar-refractivity contribution in [1.82, 2.24) is 4.57 Å². The first-order valence-corrected chi connectivity index (χ1v) is 10.4. The molecular formula is C28H30F3NO5. The predicted molar refractivity (Wildman–Crippen MR) is 131 cm³/mol. The van der Waals surface area contributed by atoms with Gasteiger partial charge in [0, 0.05) is 35.3 Å². The molecule has 1 fully saturated rings. The van der Waals surface area contributed by atoms with E-state index in [1.807, 2.05) is 0 Å². The fraction of sp³-hybridized carbons (Fsp3) is 0.464. The van der Waals surface area contributed by atoms with Crippen molar-refractivity contribution in [1.29, 1.82) is 0 Å². The Morgan fingerprint density at radius 1 is 1.32 bits per heavy atom. The van der Waals surface area contributed by atoms with Gasteiger partial charge in [0.15, 0.2) is 11.5 Å². The molecule has 0 amide bonds. The lowest BCUT2D eigenvalue weighted by atomic mass is 9.86. The van der Waals surface area contributed by atoms with Crippen LogP contribution in [0, 0.1) is 5.82 Å². The minimum Gasteiger partial charge on any atom is -0.395 e. The van der Waals surface area contributed by atoms with Crippen LogP contribution in [0.4, 0.5) is 13.2 Å². The zero-order chi connectivity index (χ0) is 44.4. The number of carbonyl (C=O) groups excluding carboxylic acids is 1. The lowest BCUT2D eigenvalue weighted by molar-refractivity contribution is -0.286. The zero-order valence-corrected chi connectivity index (χ0v) is 18.9. The van der Waals surface area contributed by atoms with Crippen LogP contribution in [0.15, 0.2) is 36.3 Å². The number of alkyl halides is 2. The number of hydrogen-bond acceptors (Lipinski definition) is 5. The standard InChI is InChI=1S/C28H30F3NO5/c1-4-26(2,3)24-10-17-9-16(20(29)13-21(17)32(24)14-19(34)15-33)11-25(35)27(7-8-27)18-5-6-22-23(12-18)37-28(30,31)36-22/h5-6,9-10,12-13,19,33-34H,4,7-8,11,14-15H2,1-3H3/t19-/m1/s1/i2D3,4D2,5D,6D,7D2,8D2,9D,10D,12D,13D,14D2,15D2,19D/t19-,26?. The molecule has 198 valence electrons. The number of fused-ring (bicyclic) bond motifs is 2. The summed E-state index contributed by atoms with van der Waals surface area (Å²) < 4.78 is 220. The van der Waals surface area contributed by atoms with E-state index in [0.717, 1.165) is 0 Å². The molecule has 2 N–H and O–H groups in total. The van der Waals surface area contributed by atoms with Crippen LogP contribution in [-0.2, 0) is 28.5 Å². The van der Waals surface area contributed by atoms with Gasteiger partial charge >= 0.3 is 6.29 Å². The first-order chi connectivity index (χ1) is 25.2. The number of Topliss-reactive ketones (excluding diaryl/α,β-unsaturated/α-hetero) is 1. The van der Waals surface area contributed by atoms with Crippen LogP contribution >= 0.6 is 0 Å². The Morgan fingerprint density at radius 3 is 2.70 bits per heavy atom. The van der Waals surface area contributed by atoms with E-state index in [1.54, 1.807) is 0 Å². The number of aliphatic hydroxyl groups is 2. The molecule has 0 radical (unpaired) electrons. The van der Waals surface area contributed by atoms with Crippen LogP contribution in [0.5, 0.6) is 11.5 Å². The topological polar surface area (TPSA) is 80.9 Å². The second kappa shape index (κ2) is 8.77. The van der Waals surface area contributed by atoms with E-state index in [-0.39, 0.29) is 4.57 Å². The number of nitrogens with zero attached hydrogens (tertiary/aromatic N) is 1. The number of carbonyl (C=O) groups is 1. The highest BCUT2D eigenvalue weighted by molar-refractivity contribution is 5.95. The molecule has 1 aliphatic heterocycles. The summed E-state index contributed by atoms with van der Waals surface area (Å²) in [4.78, 5) is 14.3. The van der Waals surface area contributed by atoms with Crippen LogP contribution < -0.4 is 9.47 Å². The molecule has 6 nitrogen and oxygen atoms in total. The van der Waals surface area contributed by atoms with Crippen molar-refractivity contribution in [2.45, 2.75) is 75.9 Å². The molecule has 0 bridgehead atoms. The number of rotatable bonds is 9. The molecule has 2 aromatic carbocycles. The van der Waals surface area contributed by atoms with Crippen LogP contribution in [0.25, 0.3) is 10.9 Å². The second-order valence-electron chi connectivity index (χ2n) is 8.20. The molecular weight excluding hydrogens is 487 g/mol. The number of halogens is 3. The quantitative estimate of drug-likeness (QED) is 0.402. The van der Waals surface area contributed by atoms with Gasteiger partial charge in [-0.05, 0) is 60.5 Å². The molecule has 1 saturated carbocycles. The third kappa shape index (κ3) is 4.48. The molecule has 0 spiro atoms. The molecule has 1 aromatic heterocycles. The van der Waals surface area contributed by atoms with Crippen molar-refractivity contribution >= 4 is 16.7 Å². The minimum absolute atomic E-state index is 0.287. The largest absolute Gasteiger partial charge is 0.586 e. The van der Waals surface area contributed by atoms with Gasteiger partial charge in [-0.3, -0.25) is 4.79 Å². The summed E-state index contributed by atoms with van der Waals surface area (Å²) in [5, 5.41) is 19.6. The highest BCUT2D eigenvalue weighted by Crippen LogP contribution is 2.52. The van der Waals surface area contributed by atoms with E-state index >= 15 is 4.39 Å². The van der Waals surface area contributed by atoms with Crippen LogP contribution in [-0.4, -0.2) is 39.5 Å². The van der Waals surface area contributed by atoms with Crippen LogP contribution in [0.2, 0.25) is 0 Å². The number of aromatic nitrogens is 1. The highest BCUT2D eigenvalue weighted by atomic mass is 19.3. The second-order valence-corrected chi connectivity index (χ2v) is 8.20. The minimum atomic E-state index is -4.53. The summed E-state index contributed by atoms with van der Waals surface area (Å²) in [6.45, 7) is -11.0. The van der Waals surface area contributed by atoms with Crippen molar-refractivity contribution in [3.8, 4) is 11.5 Å². The van der Waals surface area contributed by atoms with Gasteiger partial charge in [-0.2, -0.15) is 0 Å². The summed E-state index contributed by atoms with van der Waals surface area (Å²) in [5.74, 6) is -6.37. The van der Waals surface area contributed by atoms with Gasteiger partial charge in [-0.1, -0.05) is 26.7 Å². The molecule has 1 unspecified atom stereocenters. The lowest BCUT2D eigenvalue weighted by Crippen LogP contribution is -2.26. The first-order valence-electron chi connectivity index (χ1n) is 20.4. The normalized spacial score (nSPS) is 32.5. The van der Waals surface area contributed by atoms with Crippen molar-refractivity contribution in [3.05, 3.63) is 58.9 Å². The van der Waals surface area contributed by atoms with E-state index in [4.69, 9.17) is 27.4 Å². The Kier molecular flexibility index (Phi) is 2.60. The molecule has 5 rings (SSSR count). The summed E-state index contributed by atoms with van der Waals surface area (Å²) in [6.07, 6.45) is -20.8. The van der Waals surface area contributed by atoms with Gasteiger partial charge in [0.25, 0.3) is 0 Å². The van der Waals surface area contributed by atoms with Gasteiger partial charge < -0.3 is 24.3 Å². The van der Waals surface area contributed by atoms with Gasteiger partial charge in [0.05, 0.1) is 45.1 Å². The Balaban J connectivity index is 1.89. The Hall–Kier alpha value is -3.04. The van der Waals surface area contributed by atoms with Gasteiger partial charge in [0.2, 0.25) is 0 Å².